The quantitative estimate of drug-likeness (QED) is 0.706. The van der Waals surface area contributed by atoms with Gasteiger partial charge in [0.15, 0.2) is 0 Å². The van der Waals surface area contributed by atoms with Crippen LogP contribution in [0.2, 0.25) is 10.0 Å². The highest BCUT2D eigenvalue weighted by Crippen LogP contribution is 2.47. The lowest BCUT2D eigenvalue weighted by molar-refractivity contribution is 1.19. The molecule has 1 aromatic heterocycles. The molecule has 100 valence electrons. The summed E-state index contributed by atoms with van der Waals surface area (Å²) in [4.78, 5) is 1.05. The van der Waals surface area contributed by atoms with Crippen molar-refractivity contribution in [2.24, 2.45) is 8.73 Å². The molecule has 0 bridgehead atoms. The van der Waals surface area contributed by atoms with Gasteiger partial charge in [-0.15, -0.1) is 11.3 Å². The van der Waals surface area contributed by atoms with E-state index in [0.29, 0.717) is 39.2 Å². The molecule has 3 rings (SSSR count). The van der Waals surface area contributed by atoms with Gasteiger partial charge in [0, 0.05) is 16.8 Å². The monoisotopic (exact) mass is 340 g/mol. The molecule has 0 aliphatic carbocycles. The molecule has 0 spiro atoms. The van der Waals surface area contributed by atoms with Gasteiger partial charge in [0.1, 0.15) is 17.4 Å². The number of benzene rings is 1. The van der Waals surface area contributed by atoms with Crippen LogP contribution in [0.3, 0.4) is 0 Å². The molecule has 4 nitrogen and oxygen atoms in total. The number of nitrogens with zero attached hydrogens (tertiary/aromatic N) is 3. The number of anilines is 1. The van der Waals surface area contributed by atoms with Gasteiger partial charge in [0.05, 0.1) is 32.7 Å². The summed E-state index contributed by atoms with van der Waals surface area (Å²) in [5.74, 6) is 0. The van der Waals surface area contributed by atoms with Crippen LogP contribution in [0.25, 0.3) is 0 Å². The number of hydrogen-bond acceptors (Lipinski definition) is 5. The van der Waals surface area contributed by atoms with Crippen LogP contribution in [0.1, 0.15) is 10.4 Å². The van der Waals surface area contributed by atoms with Crippen molar-refractivity contribution in [2.75, 3.05) is 5.32 Å². The first-order valence-corrected chi connectivity index (χ1v) is 7.87. The van der Waals surface area contributed by atoms with E-state index in [1.807, 2.05) is 11.4 Å². The molecule has 2 heterocycles. The van der Waals surface area contributed by atoms with Crippen LogP contribution < -0.4 is 5.32 Å². The summed E-state index contributed by atoms with van der Waals surface area (Å²) in [6.45, 7) is 0.570. The lowest BCUT2D eigenvalue weighted by Gasteiger charge is -2.11. The van der Waals surface area contributed by atoms with Gasteiger partial charge in [-0.25, -0.2) is 0 Å². The highest BCUT2D eigenvalue weighted by Gasteiger charge is 2.18. The fourth-order valence-corrected chi connectivity index (χ4v) is 3.68. The molecule has 20 heavy (non-hydrogen) atoms. The molecular weight excluding hydrogens is 335 g/mol. The Morgan fingerprint density at radius 3 is 2.75 bits per heavy atom. The van der Waals surface area contributed by atoms with Gasteiger partial charge < -0.3 is 5.32 Å². The van der Waals surface area contributed by atoms with Crippen molar-refractivity contribution in [1.82, 2.24) is 0 Å². The lowest BCUT2D eigenvalue weighted by atomic mass is 10.2. The second-order valence-corrected chi connectivity index (χ2v) is 6.28. The van der Waals surface area contributed by atoms with E-state index in [-0.39, 0.29) is 0 Å². The molecule has 0 radical (unpaired) electrons. The number of halogens is 2. The van der Waals surface area contributed by atoms with E-state index >= 15 is 0 Å². The number of thiophene rings is 1. The minimum atomic E-state index is 0.493. The summed E-state index contributed by atoms with van der Waals surface area (Å²) in [6.07, 6.45) is 0. The van der Waals surface area contributed by atoms with Crippen molar-refractivity contribution in [3.63, 3.8) is 0 Å². The molecule has 1 aromatic carbocycles. The molecule has 1 aliphatic rings. The molecule has 0 amide bonds. The fraction of sp³-hybridized carbons (Fsp3) is 0.0833. The Morgan fingerprint density at radius 2 is 2.00 bits per heavy atom. The number of nitriles is 1. The number of fused-ring (bicyclic) bond motifs is 1. The van der Waals surface area contributed by atoms with Crippen molar-refractivity contribution in [3.05, 3.63) is 38.0 Å². The molecule has 0 saturated carbocycles. The van der Waals surface area contributed by atoms with Crippen LogP contribution in [0, 0.1) is 11.3 Å². The van der Waals surface area contributed by atoms with Crippen molar-refractivity contribution in [1.29, 1.82) is 5.26 Å². The summed E-state index contributed by atoms with van der Waals surface area (Å²) in [7, 11) is 0. The van der Waals surface area contributed by atoms with Crippen LogP contribution in [0.5, 0.6) is 0 Å². The Labute approximate surface area is 132 Å². The van der Waals surface area contributed by atoms with E-state index in [4.69, 9.17) is 28.5 Å². The largest absolute Gasteiger partial charge is 0.377 e. The lowest BCUT2D eigenvalue weighted by Crippen LogP contribution is -1.98. The Morgan fingerprint density at radius 1 is 1.20 bits per heavy atom. The molecule has 0 saturated heterocycles. The smallest absolute Gasteiger partial charge is 0.130 e. The number of hydrogen-bond donors (Lipinski definition) is 1. The van der Waals surface area contributed by atoms with Crippen LogP contribution in [-0.4, -0.2) is 0 Å². The van der Waals surface area contributed by atoms with Crippen LogP contribution >= 0.6 is 34.5 Å². The molecule has 8 heteroatoms. The highest BCUT2D eigenvalue weighted by atomic mass is 35.5. The topological polar surface area (TPSA) is 60.5 Å². The molecular formula is C12H6Cl2N4S2. The number of rotatable bonds is 3. The maximum atomic E-state index is 8.81. The van der Waals surface area contributed by atoms with Crippen molar-refractivity contribution in [3.8, 4) is 6.07 Å². The van der Waals surface area contributed by atoms with Crippen LogP contribution in [0.15, 0.2) is 26.2 Å². The Balaban J connectivity index is 1.87. The predicted molar refractivity (Wildman–Crippen MR) is 84.4 cm³/mol. The molecule has 1 N–H and O–H groups in total. The van der Waals surface area contributed by atoms with E-state index in [0.717, 1.165) is 16.2 Å². The zero-order valence-electron chi connectivity index (χ0n) is 9.85. The summed E-state index contributed by atoms with van der Waals surface area (Å²) < 4.78 is 8.38. The van der Waals surface area contributed by atoms with E-state index in [1.54, 1.807) is 6.07 Å². The summed E-state index contributed by atoms with van der Waals surface area (Å²) >= 11 is 14.9. The van der Waals surface area contributed by atoms with Gasteiger partial charge >= 0.3 is 0 Å². The molecule has 1 aliphatic heterocycles. The van der Waals surface area contributed by atoms with Gasteiger partial charge in [0.25, 0.3) is 0 Å². The third-order valence-electron chi connectivity index (χ3n) is 2.67. The SMILES string of the molecule is N#Cc1csc(CNc2c(Cl)cc(Cl)c3c2N=S=N3)c1. The van der Waals surface area contributed by atoms with E-state index in [1.165, 1.54) is 11.3 Å². The first-order chi connectivity index (χ1) is 9.69. The van der Waals surface area contributed by atoms with Gasteiger partial charge in [-0.1, -0.05) is 23.2 Å². The Kier molecular flexibility index (Phi) is 3.76. The zero-order chi connectivity index (χ0) is 14.1. The van der Waals surface area contributed by atoms with E-state index in [9.17, 15) is 0 Å². The molecule has 0 atom stereocenters. The second kappa shape index (κ2) is 5.54. The minimum Gasteiger partial charge on any atom is -0.377 e. The Hall–Kier alpha value is -1.39. The first-order valence-electron chi connectivity index (χ1n) is 5.50. The summed E-state index contributed by atoms with van der Waals surface area (Å²) in [6, 6.07) is 5.61. The van der Waals surface area contributed by atoms with E-state index < -0.39 is 0 Å². The maximum Gasteiger partial charge on any atom is 0.130 e. The highest BCUT2D eigenvalue weighted by molar-refractivity contribution is 7.58. The van der Waals surface area contributed by atoms with Gasteiger partial charge in [0.2, 0.25) is 0 Å². The summed E-state index contributed by atoms with van der Waals surface area (Å²) in [5, 5.41) is 14.9. The van der Waals surface area contributed by atoms with Gasteiger partial charge in [-0.2, -0.15) is 14.0 Å². The Bertz CT molecular complexity index is 801. The van der Waals surface area contributed by atoms with Crippen molar-refractivity contribution < 1.29 is 0 Å². The van der Waals surface area contributed by atoms with E-state index in [2.05, 4.69) is 20.1 Å². The first kappa shape index (κ1) is 13.6. The maximum absolute atomic E-state index is 8.81. The zero-order valence-corrected chi connectivity index (χ0v) is 13.0. The average Bonchev–Trinajstić information content (AvgIpc) is 3.06. The van der Waals surface area contributed by atoms with Gasteiger partial charge in [-0.05, 0) is 12.1 Å². The van der Waals surface area contributed by atoms with Crippen LogP contribution in [-0.2, 0) is 17.9 Å². The third kappa shape index (κ3) is 2.45. The number of nitrogens with one attached hydrogen (secondary N) is 1. The summed E-state index contributed by atoms with van der Waals surface area (Å²) in [5.41, 5.74) is 2.69. The molecule has 0 fully saturated rings. The molecule has 0 unspecified atom stereocenters. The minimum absolute atomic E-state index is 0.493. The van der Waals surface area contributed by atoms with Gasteiger partial charge in [-0.3, -0.25) is 0 Å². The predicted octanol–water partition coefficient (Wildman–Crippen LogP) is 5.27. The average molecular weight is 341 g/mol. The fourth-order valence-electron chi connectivity index (χ4n) is 1.75. The second-order valence-electron chi connectivity index (χ2n) is 3.94. The molecule has 2 aromatic rings. The van der Waals surface area contributed by atoms with Crippen LogP contribution in [0.4, 0.5) is 17.1 Å². The normalized spacial score (nSPS) is 11.8. The van der Waals surface area contributed by atoms with Crippen molar-refractivity contribution in [2.45, 2.75) is 6.54 Å². The van der Waals surface area contributed by atoms with Crippen molar-refractivity contribution >= 4 is 63.0 Å². The standard InChI is InChI=1S/C12H6Cl2N4S2/c13-8-2-9(14)11-12(18-20-17-11)10(8)16-4-7-1-6(3-15)5-19-7/h1-2,5,16H,4H2. The third-order valence-corrected chi connectivity index (χ3v) is 4.72.